The van der Waals surface area contributed by atoms with E-state index in [1.54, 1.807) is 19.1 Å². The number of non-ortho nitro benzene ring substituents is 1. The van der Waals surface area contributed by atoms with Gasteiger partial charge in [-0.05, 0) is 25.1 Å². The van der Waals surface area contributed by atoms with Gasteiger partial charge in [0.25, 0.3) is 11.6 Å². The monoisotopic (exact) mass is 362 g/mol. The molecule has 0 heterocycles. The summed E-state index contributed by atoms with van der Waals surface area (Å²) in [6.45, 7) is 2.32. The van der Waals surface area contributed by atoms with Crippen LogP contribution < -0.4 is 15.0 Å². The predicted octanol–water partition coefficient (Wildman–Crippen LogP) is 1.78. The lowest BCUT2D eigenvalue weighted by molar-refractivity contribution is -0.907. The van der Waals surface area contributed by atoms with Crippen molar-refractivity contribution in [2.45, 2.75) is 19.5 Å². The molecule has 2 rings (SSSR count). The lowest BCUT2D eigenvalue weighted by Gasteiger charge is -2.21. The molecule has 0 spiro atoms. The minimum Gasteiger partial charge on any atom is -0.494 e. The highest BCUT2D eigenvalue weighted by Gasteiger charge is 2.23. The van der Waals surface area contributed by atoms with Gasteiger partial charge in [0.05, 0.1) is 30.8 Å². The van der Waals surface area contributed by atoms with E-state index >= 15 is 0 Å². The first kappa shape index (κ1) is 19.3. The van der Waals surface area contributed by atoms with Crippen molar-refractivity contribution in [3.63, 3.8) is 0 Å². The van der Waals surface area contributed by atoms with Crippen molar-refractivity contribution in [3.8, 4) is 5.75 Å². The Morgan fingerprint density at radius 1 is 1.31 bits per heavy atom. The van der Waals surface area contributed by atoms with E-state index in [0.717, 1.165) is 10.5 Å². The van der Waals surface area contributed by atoms with Gasteiger partial charge in [-0.25, -0.2) is 4.39 Å². The molecule has 0 aromatic heterocycles. The number of carbonyl (C=O) groups is 1. The summed E-state index contributed by atoms with van der Waals surface area (Å²) in [5.41, 5.74) is 1.16. The van der Waals surface area contributed by atoms with Gasteiger partial charge in [-0.1, -0.05) is 12.1 Å². The molecule has 138 valence electrons. The number of amides is 1. The van der Waals surface area contributed by atoms with E-state index in [4.69, 9.17) is 4.74 Å². The van der Waals surface area contributed by atoms with Gasteiger partial charge in [-0.2, -0.15) is 0 Å². The Morgan fingerprint density at radius 2 is 1.96 bits per heavy atom. The van der Waals surface area contributed by atoms with Crippen LogP contribution in [0.15, 0.2) is 42.5 Å². The molecule has 1 unspecified atom stereocenters. The number of quaternary nitrogens is 1. The maximum Gasteiger partial charge on any atom is 0.282 e. The Bertz CT molecular complexity index is 796. The highest BCUT2D eigenvalue weighted by atomic mass is 19.1. The Morgan fingerprint density at radius 3 is 2.54 bits per heavy atom. The van der Waals surface area contributed by atoms with Crippen LogP contribution in [0.3, 0.4) is 0 Å². The van der Waals surface area contributed by atoms with Gasteiger partial charge in [-0.3, -0.25) is 14.9 Å². The lowest BCUT2D eigenvalue weighted by atomic mass is 10.1. The average Bonchev–Trinajstić information content (AvgIpc) is 2.62. The molecule has 0 fully saturated rings. The third-order valence-corrected chi connectivity index (χ3v) is 4.18. The number of nitro groups is 1. The molecular formula is C18H21FN3O4+. The number of carbonyl (C=O) groups excluding carboxylic acids is 1. The maximum atomic E-state index is 13.0. The molecule has 0 bridgehead atoms. The first-order chi connectivity index (χ1) is 12.3. The molecule has 0 aliphatic carbocycles. The molecule has 2 N–H and O–H groups in total. The van der Waals surface area contributed by atoms with Gasteiger partial charge in [0.1, 0.15) is 18.1 Å². The second kappa shape index (κ2) is 8.39. The molecule has 0 aliphatic rings. The largest absolute Gasteiger partial charge is 0.494 e. The number of anilines is 1. The number of benzene rings is 2. The van der Waals surface area contributed by atoms with E-state index in [9.17, 15) is 19.3 Å². The standard InChI is InChI=1S/C18H20FN3O4/c1-12(21(2)11-13-4-6-14(19)7-5-13)18(23)20-16-9-8-15(22(24)25)10-17(16)26-3/h4-10,12H,11H2,1-3H3,(H,20,23)/p+1/t12-/m1/s1. The number of nitrogens with one attached hydrogen (secondary N) is 2. The molecule has 0 radical (unpaired) electrons. The van der Waals surface area contributed by atoms with Crippen LogP contribution in [-0.4, -0.2) is 31.0 Å². The van der Waals surface area contributed by atoms with Crippen molar-refractivity contribution >= 4 is 17.3 Å². The average molecular weight is 362 g/mol. The molecule has 2 aromatic carbocycles. The zero-order valence-electron chi connectivity index (χ0n) is 14.8. The van der Waals surface area contributed by atoms with Crippen LogP contribution in [0.2, 0.25) is 0 Å². The summed E-state index contributed by atoms with van der Waals surface area (Å²) < 4.78 is 18.1. The van der Waals surface area contributed by atoms with E-state index in [2.05, 4.69) is 5.32 Å². The Kier molecular flexibility index (Phi) is 6.24. The second-order valence-corrected chi connectivity index (χ2v) is 6.00. The number of nitro benzene ring substituents is 1. The van der Waals surface area contributed by atoms with Crippen LogP contribution in [0.5, 0.6) is 5.75 Å². The van der Waals surface area contributed by atoms with Crippen molar-refractivity contribution in [3.05, 3.63) is 64.0 Å². The highest BCUT2D eigenvalue weighted by Crippen LogP contribution is 2.28. The van der Waals surface area contributed by atoms with Gasteiger partial charge in [0, 0.05) is 11.6 Å². The number of likely N-dealkylation sites (N-methyl/N-ethyl adjacent to an activating group) is 1. The van der Waals surface area contributed by atoms with E-state index in [0.29, 0.717) is 12.2 Å². The summed E-state index contributed by atoms with van der Waals surface area (Å²) in [5, 5.41) is 13.6. The zero-order valence-corrected chi connectivity index (χ0v) is 14.8. The molecular weight excluding hydrogens is 341 g/mol. The maximum absolute atomic E-state index is 13.0. The Labute approximate surface area is 150 Å². The van der Waals surface area contributed by atoms with Gasteiger partial charge < -0.3 is 15.0 Å². The molecule has 26 heavy (non-hydrogen) atoms. The molecule has 2 aromatic rings. The highest BCUT2D eigenvalue weighted by molar-refractivity contribution is 5.95. The quantitative estimate of drug-likeness (QED) is 0.581. The minimum atomic E-state index is -0.530. The number of halogens is 1. The van der Waals surface area contributed by atoms with Crippen molar-refractivity contribution in [2.75, 3.05) is 19.5 Å². The zero-order chi connectivity index (χ0) is 19.3. The van der Waals surface area contributed by atoms with Crippen molar-refractivity contribution in [1.82, 2.24) is 0 Å². The van der Waals surface area contributed by atoms with Crippen molar-refractivity contribution in [2.24, 2.45) is 0 Å². The van der Waals surface area contributed by atoms with Crippen LogP contribution in [0, 0.1) is 15.9 Å². The first-order valence-electron chi connectivity index (χ1n) is 8.02. The van der Waals surface area contributed by atoms with Gasteiger partial charge >= 0.3 is 0 Å². The lowest BCUT2D eigenvalue weighted by Crippen LogP contribution is -3.12. The first-order valence-corrected chi connectivity index (χ1v) is 8.02. The Hall–Kier alpha value is -3.00. The third-order valence-electron chi connectivity index (χ3n) is 4.18. The van der Waals surface area contributed by atoms with Crippen molar-refractivity contribution < 1.29 is 23.7 Å². The van der Waals surface area contributed by atoms with E-state index in [1.807, 2.05) is 7.05 Å². The summed E-state index contributed by atoms with van der Waals surface area (Å²) in [4.78, 5) is 23.7. The number of hydrogen-bond donors (Lipinski definition) is 2. The molecule has 0 saturated heterocycles. The summed E-state index contributed by atoms with van der Waals surface area (Å²) >= 11 is 0. The van der Waals surface area contributed by atoms with Crippen LogP contribution >= 0.6 is 0 Å². The summed E-state index contributed by atoms with van der Waals surface area (Å²) in [5.74, 6) is -0.338. The molecule has 1 amide bonds. The minimum absolute atomic E-state index is 0.119. The number of ether oxygens (including phenoxy) is 1. The summed E-state index contributed by atoms with van der Waals surface area (Å²) in [6, 6.07) is 9.74. The molecule has 0 aliphatic heterocycles. The Balaban J connectivity index is 2.06. The van der Waals surface area contributed by atoms with E-state index in [-0.39, 0.29) is 23.2 Å². The molecule has 2 atom stereocenters. The predicted molar refractivity (Wildman–Crippen MR) is 94.7 cm³/mol. The van der Waals surface area contributed by atoms with Gasteiger partial charge in [0.15, 0.2) is 6.04 Å². The third kappa shape index (κ3) is 4.76. The molecule has 0 saturated carbocycles. The number of rotatable bonds is 7. The van der Waals surface area contributed by atoms with Crippen molar-refractivity contribution in [1.29, 1.82) is 0 Å². The van der Waals surface area contributed by atoms with E-state index < -0.39 is 11.0 Å². The number of hydrogen-bond acceptors (Lipinski definition) is 4. The summed E-state index contributed by atoms with van der Waals surface area (Å²) in [6.07, 6.45) is 0. The molecule has 8 heteroatoms. The van der Waals surface area contributed by atoms with Gasteiger partial charge in [-0.15, -0.1) is 0 Å². The van der Waals surface area contributed by atoms with E-state index in [1.165, 1.54) is 37.4 Å². The van der Waals surface area contributed by atoms with Crippen LogP contribution in [0.4, 0.5) is 15.8 Å². The number of methoxy groups -OCH3 is 1. The van der Waals surface area contributed by atoms with Gasteiger partial charge in [0.2, 0.25) is 0 Å². The fraction of sp³-hybridized carbons (Fsp3) is 0.278. The second-order valence-electron chi connectivity index (χ2n) is 6.00. The fourth-order valence-corrected chi connectivity index (χ4v) is 2.44. The smallest absolute Gasteiger partial charge is 0.282 e. The molecule has 7 nitrogen and oxygen atoms in total. The normalized spacial score (nSPS) is 12.9. The number of nitrogens with zero attached hydrogens (tertiary/aromatic N) is 1. The van der Waals surface area contributed by atoms with Crippen LogP contribution in [-0.2, 0) is 11.3 Å². The van der Waals surface area contributed by atoms with Crippen LogP contribution in [0.1, 0.15) is 12.5 Å². The summed E-state index contributed by atoms with van der Waals surface area (Å²) in [7, 11) is 3.24. The SMILES string of the molecule is COc1cc([N+](=O)[O-])ccc1NC(=O)[C@@H](C)[NH+](C)Cc1ccc(F)cc1. The topological polar surface area (TPSA) is 85.9 Å². The fourth-order valence-electron chi connectivity index (χ4n) is 2.44. The van der Waals surface area contributed by atoms with Crippen LogP contribution in [0.25, 0.3) is 0 Å².